The fraction of sp³-hybridized carbons (Fsp3) is 0.565. The van der Waals surface area contributed by atoms with Crippen LogP contribution in [0.1, 0.15) is 63.7 Å². The van der Waals surface area contributed by atoms with Gasteiger partial charge in [0.1, 0.15) is 0 Å². The quantitative estimate of drug-likeness (QED) is 0.641. The van der Waals surface area contributed by atoms with Crippen molar-refractivity contribution in [3.8, 4) is 0 Å². The highest BCUT2D eigenvalue weighted by atomic mass is 16.5. The molecule has 0 spiro atoms. The first-order valence-electron chi connectivity index (χ1n) is 10.9. The summed E-state index contributed by atoms with van der Waals surface area (Å²) in [4.78, 5) is 54.7. The van der Waals surface area contributed by atoms with Crippen LogP contribution in [0.5, 0.6) is 0 Å². The highest BCUT2D eigenvalue weighted by Crippen LogP contribution is 2.45. The molecule has 1 fully saturated rings. The number of para-hydroxylation sites is 1. The highest BCUT2D eigenvalue weighted by molar-refractivity contribution is 6.15. The van der Waals surface area contributed by atoms with Crippen molar-refractivity contribution in [3.63, 3.8) is 0 Å². The van der Waals surface area contributed by atoms with Gasteiger partial charge in [-0.2, -0.15) is 0 Å². The second-order valence-corrected chi connectivity index (χ2v) is 8.71. The van der Waals surface area contributed by atoms with Crippen LogP contribution in [0, 0.1) is 5.92 Å². The Bertz CT molecular complexity index is 884. The lowest BCUT2D eigenvalue weighted by Crippen LogP contribution is -2.69. The molecule has 8 heteroatoms. The van der Waals surface area contributed by atoms with E-state index in [1.165, 1.54) is 9.80 Å². The average molecular weight is 430 g/mol. The molecule has 2 heterocycles. The monoisotopic (exact) mass is 429 g/mol. The molecule has 0 unspecified atom stereocenters. The number of ether oxygens (including phenoxy) is 1. The summed E-state index contributed by atoms with van der Waals surface area (Å²) in [6.45, 7) is 7.62. The van der Waals surface area contributed by atoms with Crippen LogP contribution < -0.4 is 10.2 Å². The molecule has 3 amide bonds. The van der Waals surface area contributed by atoms with Gasteiger partial charge in [0.15, 0.2) is 6.61 Å². The second-order valence-electron chi connectivity index (χ2n) is 8.71. The number of rotatable bonds is 8. The Labute approximate surface area is 182 Å². The van der Waals surface area contributed by atoms with Gasteiger partial charge in [0, 0.05) is 25.4 Å². The smallest absolute Gasteiger partial charge is 0.354 e. The van der Waals surface area contributed by atoms with E-state index in [1.54, 1.807) is 24.3 Å². The van der Waals surface area contributed by atoms with Crippen molar-refractivity contribution in [2.75, 3.05) is 18.1 Å². The normalized spacial score (nSPS) is 21.1. The Balaban J connectivity index is 1.92. The minimum Gasteiger partial charge on any atom is -0.452 e. The first kappa shape index (κ1) is 22.8. The molecule has 1 aromatic rings. The van der Waals surface area contributed by atoms with E-state index in [-0.39, 0.29) is 43.2 Å². The third-order valence-corrected chi connectivity index (χ3v) is 5.71. The number of nitrogens with zero attached hydrogens (tertiary/aromatic N) is 2. The van der Waals surface area contributed by atoms with E-state index in [0.717, 1.165) is 12.8 Å². The number of esters is 1. The summed E-state index contributed by atoms with van der Waals surface area (Å²) in [7, 11) is 0. The van der Waals surface area contributed by atoms with E-state index in [9.17, 15) is 19.2 Å². The van der Waals surface area contributed by atoms with Gasteiger partial charge in [-0.3, -0.25) is 19.3 Å². The molecule has 0 aliphatic carbocycles. The molecular formula is C23H31N3O5. The number of carbonyl (C=O) groups excluding carboxylic acids is 4. The third kappa shape index (κ3) is 4.16. The molecule has 31 heavy (non-hydrogen) atoms. The molecule has 0 aromatic heterocycles. The molecule has 1 N–H and O–H groups in total. The van der Waals surface area contributed by atoms with Gasteiger partial charge in [0.05, 0.1) is 11.3 Å². The number of hydrogen-bond donors (Lipinski definition) is 1. The summed E-state index contributed by atoms with van der Waals surface area (Å²) in [5.74, 6) is -1.64. The molecular weight excluding hydrogens is 398 g/mol. The summed E-state index contributed by atoms with van der Waals surface area (Å²) < 4.78 is 5.41. The molecule has 2 aliphatic heterocycles. The topological polar surface area (TPSA) is 96.0 Å². The maximum absolute atomic E-state index is 13.4. The molecule has 1 saturated heterocycles. The van der Waals surface area contributed by atoms with Crippen LogP contribution in [0.4, 0.5) is 5.69 Å². The Hall–Kier alpha value is -2.90. The first-order chi connectivity index (χ1) is 14.7. The molecule has 2 atom stereocenters. The van der Waals surface area contributed by atoms with Crippen LogP contribution in [-0.4, -0.2) is 53.4 Å². The largest absolute Gasteiger partial charge is 0.452 e. The third-order valence-electron chi connectivity index (χ3n) is 5.71. The van der Waals surface area contributed by atoms with Gasteiger partial charge >= 0.3 is 5.97 Å². The van der Waals surface area contributed by atoms with Gasteiger partial charge in [-0.15, -0.1) is 0 Å². The number of amides is 3. The summed E-state index contributed by atoms with van der Waals surface area (Å²) in [5.41, 5.74) is -0.775. The van der Waals surface area contributed by atoms with Crippen LogP contribution in [-0.2, 0) is 19.1 Å². The minimum absolute atomic E-state index is 0.0282. The van der Waals surface area contributed by atoms with Gasteiger partial charge in [0.2, 0.25) is 11.6 Å². The molecule has 168 valence electrons. The zero-order valence-electron chi connectivity index (χ0n) is 18.6. The van der Waals surface area contributed by atoms with E-state index < -0.39 is 24.1 Å². The second kappa shape index (κ2) is 9.08. The Kier molecular flexibility index (Phi) is 6.67. The molecule has 0 radical (unpaired) electrons. The van der Waals surface area contributed by atoms with Gasteiger partial charge in [-0.1, -0.05) is 39.3 Å². The van der Waals surface area contributed by atoms with E-state index in [0.29, 0.717) is 11.3 Å². The van der Waals surface area contributed by atoms with Gasteiger partial charge < -0.3 is 15.0 Å². The van der Waals surface area contributed by atoms with Crippen molar-refractivity contribution < 1.29 is 23.9 Å². The lowest BCUT2D eigenvalue weighted by atomic mass is 9.95. The standard InChI is InChI=1S/C23H31N3O5/c1-5-8-16(4)24-19(27)14-31-22(30)23-12-11-20(28)26(23)18-10-7-6-9-17(18)21(29)25(23)13-15(2)3/h6-7,9-10,15-16H,5,8,11-14H2,1-4H3,(H,24,27)/t16-,23+/m0/s1. The Morgan fingerprint density at radius 3 is 2.58 bits per heavy atom. The zero-order valence-corrected chi connectivity index (χ0v) is 18.6. The number of carbonyl (C=O) groups is 4. The van der Waals surface area contributed by atoms with Gasteiger partial charge in [0.25, 0.3) is 11.8 Å². The van der Waals surface area contributed by atoms with Crippen molar-refractivity contribution in [3.05, 3.63) is 29.8 Å². The summed E-state index contributed by atoms with van der Waals surface area (Å²) in [5, 5.41) is 2.80. The van der Waals surface area contributed by atoms with Crippen molar-refractivity contribution >= 4 is 29.4 Å². The van der Waals surface area contributed by atoms with Crippen LogP contribution in [0.2, 0.25) is 0 Å². The number of anilines is 1. The van der Waals surface area contributed by atoms with E-state index in [4.69, 9.17) is 4.74 Å². The molecule has 1 aromatic carbocycles. The van der Waals surface area contributed by atoms with Crippen LogP contribution >= 0.6 is 0 Å². The highest BCUT2D eigenvalue weighted by Gasteiger charge is 2.62. The first-order valence-corrected chi connectivity index (χ1v) is 10.9. The predicted octanol–water partition coefficient (Wildman–Crippen LogP) is 2.47. The van der Waals surface area contributed by atoms with Gasteiger partial charge in [-0.25, -0.2) is 4.79 Å². The molecule has 3 rings (SSSR count). The summed E-state index contributed by atoms with van der Waals surface area (Å²) in [6.07, 6.45) is 1.99. The minimum atomic E-state index is -1.57. The van der Waals surface area contributed by atoms with Crippen LogP contribution in [0.25, 0.3) is 0 Å². The Morgan fingerprint density at radius 1 is 1.19 bits per heavy atom. The maximum atomic E-state index is 13.4. The molecule has 2 aliphatic rings. The number of hydrogen-bond acceptors (Lipinski definition) is 5. The lowest BCUT2D eigenvalue weighted by molar-refractivity contribution is -0.160. The van der Waals surface area contributed by atoms with E-state index in [1.807, 2.05) is 27.7 Å². The SMILES string of the molecule is CCC[C@H](C)NC(=O)COC(=O)[C@@]12CCC(=O)N1c1ccccc1C(=O)N2CC(C)C. The summed E-state index contributed by atoms with van der Waals surface area (Å²) >= 11 is 0. The summed E-state index contributed by atoms with van der Waals surface area (Å²) in [6, 6.07) is 6.77. The predicted molar refractivity (Wildman–Crippen MR) is 115 cm³/mol. The molecule has 0 saturated carbocycles. The van der Waals surface area contributed by atoms with Crippen molar-refractivity contribution in [2.24, 2.45) is 5.92 Å². The zero-order chi connectivity index (χ0) is 22.8. The molecule has 8 nitrogen and oxygen atoms in total. The lowest BCUT2D eigenvalue weighted by Gasteiger charge is -2.48. The van der Waals surface area contributed by atoms with Crippen molar-refractivity contribution in [2.45, 2.75) is 65.1 Å². The number of nitrogens with one attached hydrogen (secondary N) is 1. The van der Waals surface area contributed by atoms with E-state index >= 15 is 0 Å². The maximum Gasteiger partial charge on any atom is 0.354 e. The number of fused-ring (bicyclic) bond motifs is 3. The van der Waals surface area contributed by atoms with Crippen LogP contribution in [0.3, 0.4) is 0 Å². The van der Waals surface area contributed by atoms with Crippen LogP contribution in [0.15, 0.2) is 24.3 Å². The average Bonchev–Trinajstić information content (AvgIpc) is 3.07. The van der Waals surface area contributed by atoms with Crippen molar-refractivity contribution in [1.29, 1.82) is 0 Å². The van der Waals surface area contributed by atoms with Gasteiger partial charge in [-0.05, 0) is 31.4 Å². The van der Waals surface area contributed by atoms with Crippen molar-refractivity contribution in [1.82, 2.24) is 10.2 Å². The Morgan fingerprint density at radius 2 is 1.90 bits per heavy atom. The fourth-order valence-electron chi connectivity index (χ4n) is 4.43. The molecule has 0 bridgehead atoms. The number of benzene rings is 1. The fourth-order valence-corrected chi connectivity index (χ4v) is 4.43. The van der Waals surface area contributed by atoms with E-state index in [2.05, 4.69) is 5.32 Å².